The highest BCUT2D eigenvalue weighted by atomic mass is 79.9. The zero-order chi connectivity index (χ0) is 10.6. The summed E-state index contributed by atoms with van der Waals surface area (Å²) in [7, 11) is 1.62. The number of hydrogen-bond acceptors (Lipinski definition) is 3. The number of benzene rings is 1. The number of ether oxygens (including phenoxy) is 1. The van der Waals surface area contributed by atoms with Crippen LogP contribution in [0, 0.1) is 0 Å². The lowest BCUT2D eigenvalue weighted by atomic mass is 10.3. The van der Waals surface area contributed by atoms with E-state index in [4.69, 9.17) is 9.84 Å². The molecule has 0 saturated heterocycles. The van der Waals surface area contributed by atoms with Crippen molar-refractivity contribution in [3.05, 3.63) is 22.7 Å². The maximum Gasteiger partial charge on any atom is 0.142 e. The first kappa shape index (κ1) is 11.3. The van der Waals surface area contributed by atoms with Crippen molar-refractivity contribution in [1.29, 1.82) is 0 Å². The van der Waals surface area contributed by atoms with Crippen molar-refractivity contribution in [2.24, 2.45) is 0 Å². The molecular formula is C10H14BrNO2. The highest BCUT2D eigenvalue weighted by Crippen LogP contribution is 2.27. The lowest BCUT2D eigenvalue weighted by Gasteiger charge is -2.12. The third-order valence-electron chi connectivity index (χ3n) is 1.75. The van der Waals surface area contributed by atoms with Crippen LogP contribution in [0.25, 0.3) is 0 Å². The molecule has 78 valence electrons. The van der Waals surface area contributed by atoms with Crippen LogP contribution in [0.5, 0.6) is 5.75 Å². The van der Waals surface area contributed by atoms with E-state index < -0.39 is 0 Å². The van der Waals surface area contributed by atoms with Gasteiger partial charge in [0, 0.05) is 11.0 Å². The Labute approximate surface area is 92.2 Å². The molecule has 0 saturated carbocycles. The van der Waals surface area contributed by atoms with Crippen molar-refractivity contribution in [2.75, 3.05) is 19.0 Å². The molecule has 0 aliphatic rings. The summed E-state index contributed by atoms with van der Waals surface area (Å²) >= 11 is 3.37. The van der Waals surface area contributed by atoms with E-state index in [1.54, 1.807) is 14.0 Å². The molecule has 0 amide bonds. The first-order valence-electron chi connectivity index (χ1n) is 4.39. The van der Waals surface area contributed by atoms with Crippen molar-refractivity contribution in [1.82, 2.24) is 0 Å². The number of aliphatic hydroxyl groups excluding tert-OH is 1. The molecule has 0 spiro atoms. The fourth-order valence-electron chi connectivity index (χ4n) is 1.08. The summed E-state index contributed by atoms with van der Waals surface area (Å²) in [6, 6.07) is 5.70. The third kappa shape index (κ3) is 3.20. The molecule has 0 aromatic heterocycles. The normalized spacial score (nSPS) is 12.3. The molecule has 0 aliphatic carbocycles. The Balaban J connectivity index is 2.77. The van der Waals surface area contributed by atoms with Gasteiger partial charge in [-0.15, -0.1) is 0 Å². The molecule has 0 fully saturated rings. The topological polar surface area (TPSA) is 41.5 Å². The van der Waals surface area contributed by atoms with E-state index in [0.29, 0.717) is 6.54 Å². The minimum absolute atomic E-state index is 0.376. The second-order valence-corrected chi connectivity index (χ2v) is 3.99. The first-order chi connectivity index (χ1) is 6.63. The molecule has 3 nitrogen and oxygen atoms in total. The number of methoxy groups -OCH3 is 1. The molecule has 14 heavy (non-hydrogen) atoms. The van der Waals surface area contributed by atoms with E-state index in [9.17, 15) is 0 Å². The first-order valence-corrected chi connectivity index (χ1v) is 5.18. The summed E-state index contributed by atoms with van der Waals surface area (Å²) in [4.78, 5) is 0. The van der Waals surface area contributed by atoms with Gasteiger partial charge in [0.1, 0.15) is 5.75 Å². The largest absolute Gasteiger partial charge is 0.495 e. The second-order valence-electron chi connectivity index (χ2n) is 3.07. The van der Waals surface area contributed by atoms with Crippen LogP contribution in [0.3, 0.4) is 0 Å². The van der Waals surface area contributed by atoms with Crippen molar-refractivity contribution in [3.8, 4) is 5.75 Å². The van der Waals surface area contributed by atoms with E-state index in [-0.39, 0.29) is 6.10 Å². The maximum atomic E-state index is 9.13. The van der Waals surface area contributed by atoms with Crippen LogP contribution < -0.4 is 10.1 Å². The van der Waals surface area contributed by atoms with E-state index in [1.807, 2.05) is 18.2 Å². The van der Waals surface area contributed by atoms with Gasteiger partial charge in [0.15, 0.2) is 0 Å². The zero-order valence-corrected chi connectivity index (χ0v) is 9.84. The van der Waals surface area contributed by atoms with Crippen molar-refractivity contribution in [3.63, 3.8) is 0 Å². The summed E-state index contributed by atoms with van der Waals surface area (Å²) in [6.45, 7) is 2.24. The Kier molecular flexibility index (Phi) is 4.22. The lowest BCUT2D eigenvalue weighted by molar-refractivity contribution is 0.208. The van der Waals surface area contributed by atoms with Crippen LogP contribution in [-0.2, 0) is 0 Å². The molecule has 1 atom stereocenters. The Morgan fingerprint density at radius 2 is 2.29 bits per heavy atom. The third-order valence-corrected chi connectivity index (χ3v) is 2.24. The predicted molar refractivity (Wildman–Crippen MR) is 60.9 cm³/mol. The van der Waals surface area contributed by atoms with Crippen LogP contribution in [0.4, 0.5) is 5.69 Å². The highest BCUT2D eigenvalue weighted by Gasteiger charge is 2.03. The summed E-state index contributed by atoms with van der Waals surface area (Å²) in [5.74, 6) is 0.772. The van der Waals surface area contributed by atoms with Crippen LogP contribution in [0.1, 0.15) is 6.92 Å². The number of hydrogen-bond donors (Lipinski definition) is 2. The molecule has 2 N–H and O–H groups in total. The van der Waals surface area contributed by atoms with Crippen LogP contribution in [0.15, 0.2) is 22.7 Å². The lowest BCUT2D eigenvalue weighted by Crippen LogP contribution is -2.15. The fraction of sp³-hybridized carbons (Fsp3) is 0.400. The number of rotatable bonds is 4. The molecule has 1 aromatic rings. The van der Waals surface area contributed by atoms with Gasteiger partial charge in [0.25, 0.3) is 0 Å². The summed E-state index contributed by atoms with van der Waals surface area (Å²) < 4.78 is 6.15. The Morgan fingerprint density at radius 1 is 1.57 bits per heavy atom. The number of anilines is 1. The molecule has 0 bridgehead atoms. The summed E-state index contributed by atoms with van der Waals surface area (Å²) in [5, 5.41) is 12.2. The minimum atomic E-state index is -0.376. The van der Waals surface area contributed by atoms with Gasteiger partial charge >= 0.3 is 0 Å². The quantitative estimate of drug-likeness (QED) is 0.872. The monoisotopic (exact) mass is 259 g/mol. The smallest absolute Gasteiger partial charge is 0.142 e. The molecule has 4 heteroatoms. The van der Waals surface area contributed by atoms with Gasteiger partial charge in [0.05, 0.1) is 18.9 Å². The Hall–Kier alpha value is -0.740. The number of aliphatic hydroxyl groups is 1. The number of nitrogens with one attached hydrogen (secondary N) is 1. The molecule has 1 rings (SSSR count). The van der Waals surface area contributed by atoms with Crippen molar-refractivity contribution < 1.29 is 9.84 Å². The minimum Gasteiger partial charge on any atom is -0.495 e. The summed E-state index contributed by atoms with van der Waals surface area (Å²) in [6.07, 6.45) is -0.376. The fourth-order valence-corrected chi connectivity index (χ4v) is 1.44. The van der Waals surface area contributed by atoms with Gasteiger partial charge in [-0.25, -0.2) is 0 Å². The standard InChI is InChI=1S/C10H14BrNO2/c1-7(13)6-12-9-5-8(11)3-4-10(9)14-2/h3-5,7,12-13H,6H2,1-2H3. The molecule has 1 unspecified atom stereocenters. The van der Waals surface area contributed by atoms with Crippen molar-refractivity contribution >= 4 is 21.6 Å². The van der Waals surface area contributed by atoms with Crippen LogP contribution in [0.2, 0.25) is 0 Å². The Bertz CT molecular complexity index is 302. The second kappa shape index (κ2) is 5.22. The molecule has 0 heterocycles. The van der Waals surface area contributed by atoms with Gasteiger partial charge < -0.3 is 15.2 Å². The van der Waals surface area contributed by atoms with Gasteiger partial charge in [-0.1, -0.05) is 15.9 Å². The van der Waals surface area contributed by atoms with Gasteiger partial charge in [-0.3, -0.25) is 0 Å². The van der Waals surface area contributed by atoms with Crippen LogP contribution >= 0.6 is 15.9 Å². The maximum absolute atomic E-state index is 9.13. The van der Waals surface area contributed by atoms with E-state index in [1.165, 1.54) is 0 Å². The molecular weight excluding hydrogens is 246 g/mol. The highest BCUT2D eigenvalue weighted by molar-refractivity contribution is 9.10. The van der Waals surface area contributed by atoms with Gasteiger partial charge in [0.2, 0.25) is 0 Å². The van der Waals surface area contributed by atoms with E-state index in [0.717, 1.165) is 15.9 Å². The molecule has 0 radical (unpaired) electrons. The average molecular weight is 260 g/mol. The Morgan fingerprint density at radius 3 is 2.86 bits per heavy atom. The van der Waals surface area contributed by atoms with Crippen molar-refractivity contribution in [2.45, 2.75) is 13.0 Å². The van der Waals surface area contributed by atoms with E-state index >= 15 is 0 Å². The predicted octanol–water partition coefficient (Wildman–Crippen LogP) is 2.25. The number of halogens is 1. The van der Waals surface area contributed by atoms with E-state index in [2.05, 4.69) is 21.2 Å². The molecule has 1 aromatic carbocycles. The SMILES string of the molecule is COc1ccc(Br)cc1NCC(C)O. The van der Waals surface area contributed by atoms with Crippen LogP contribution in [-0.4, -0.2) is 24.9 Å². The van der Waals surface area contributed by atoms with Gasteiger partial charge in [-0.2, -0.15) is 0 Å². The molecule has 0 aliphatic heterocycles. The zero-order valence-electron chi connectivity index (χ0n) is 8.25. The van der Waals surface area contributed by atoms with Gasteiger partial charge in [-0.05, 0) is 25.1 Å². The summed E-state index contributed by atoms with van der Waals surface area (Å²) in [5.41, 5.74) is 0.878. The average Bonchev–Trinajstić information content (AvgIpc) is 2.15.